The first-order chi connectivity index (χ1) is 9.52. The summed E-state index contributed by atoms with van der Waals surface area (Å²) in [5, 5.41) is 4.38. The zero-order valence-electron chi connectivity index (χ0n) is 13.8. The fourth-order valence-corrected chi connectivity index (χ4v) is 3.13. The van der Waals surface area contributed by atoms with Crippen molar-refractivity contribution in [1.29, 1.82) is 0 Å². The van der Waals surface area contributed by atoms with Gasteiger partial charge in [0.2, 0.25) is 0 Å². The third-order valence-corrected chi connectivity index (χ3v) is 4.46. The van der Waals surface area contributed by atoms with E-state index in [9.17, 15) is 0 Å². The van der Waals surface area contributed by atoms with Crippen molar-refractivity contribution in [2.75, 3.05) is 12.3 Å². The van der Waals surface area contributed by atoms with Gasteiger partial charge in [-0.3, -0.25) is 0 Å². The lowest BCUT2D eigenvalue weighted by molar-refractivity contribution is 0.576. The number of nitrogens with one attached hydrogen (secondary N) is 1. The van der Waals surface area contributed by atoms with Gasteiger partial charge in [0.15, 0.2) is 0 Å². The second-order valence-electron chi connectivity index (χ2n) is 6.23. The molecular formula is C18H31NS. The average molecular weight is 294 g/mol. The summed E-state index contributed by atoms with van der Waals surface area (Å²) in [5.41, 5.74) is 2.88. The summed E-state index contributed by atoms with van der Waals surface area (Å²) in [5.74, 6) is 1.88. The maximum atomic E-state index is 3.68. The molecule has 0 amide bonds. The second-order valence-corrected chi connectivity index (χ2v) is 7.84. The van der Waals surface area contributed by atoms with Gasteiger partial charge in [0.25, 0.3) is 0 Å². The molecule has 1 aromatic carbocycles. The molecule has 1 rings (SSSR count). The summed E-state index contributed by atoms with van der Waals surface area (Å²) in [6, 6.07) is 9.71. The molecule has 0 heterocycles. The highest BCUT2D eigenvalue weighted by atomic mass is 32.2. The summed E-state index contributed by atoms with van der Waals surface area (Å²) in [6.45, 7) is 12.4. The van der Waals surface area contributed by atoms with Crippen molar-refractivity contribution in [3.8, 4) is 0 Å². The zero-order valence-corrected chi connectivity index (χ0v) is 14.6. The van der Waals surface area contributed by atoms with Gasteiger partial charge in [0.05, 0.1) is 0 Å². The van der Waals surface area contributed by atoms with Crippen LogP contribution < -0.4 is 5.32 Å². The van der Waals surface area contributed by atoms with E-state index in [0.29, 0.717) is 11.3 Å². The smallest absolute Gasteiger partial charge is 0.0411 e. The normalized spacial score (nSPS) is 13.2. The van der Waals surface area contributed by atoms with Crippen LogP contribution in [0.1, 0.15) is 58.2 Å². The van der Waals surface area contributed by atoms with Crippen molar-refractivity contribution < 1.29 is 0 Å². The van der Waals surface area contributed by atoms with E-state index in [4.69, 9.17) is 0 Å². The summed E-state index contributed by atoms with van der Waals surface area (Å²) < 4.78 is 0. The molecule has 0 spiro atoms. The predicted octanol–water partition coefficient (Wildman–Crippen LogP) is 5.07. The third kappa shape index (κ3) is 6.81. The van der Waals surface area contributed by atoms with E-state index < -0.39 is 0 Å². The van der Waals surface area contributed by atoms with Crippen LogP contribution in [0.25, 0.3) is 0 Å². The topological polar surface area (TPSA) is 12.0 Å². The Hall–Kier alpha value is -0.470. The maximum absolute atomic E-state index is 3.68. The summed E-state index contributed by atoms with van der Waals surface area (Å²) in [4.78, 5) is 0. The lowest BCUT2D eigenvalue weighted by Gasteiger charge is -2.20. The largest absolute Gasteiger partial charge is 0.309 e. The van der Waals surface area contributed by atoms with E-state index >= 15 is 0 Å². The fraction of sp³-hybridized carbons (Fsp3) is 0.667. The Morgan fingerprint density at radius 1 is 1.05 bits per heavy atom. The highest BCUT2D eigenvalue weighted by Crippen LogP contribution is 2.22. The quantitative estimate of drug-likeness (QED) is 0.682. The number of hydrogen-bond donors (Lipinski definition) is 1. The van der Waals surface area contributed by atoms with Crippen LogP contribution in [0.15, 0.2) is 24.3 Å². The lowest BCUT2D eigenvalue weighted by Crippen LogP contribution is -2.24. The van der Waals surface area contributed by atoms with Crippen LogP contribution in [0, 0.1) is 5.92 Å². The lowest BCUT2D eigenvalue weighted by atomic mass is 10.00. The molecule has 0 aliphatic heterocycles. The predicted molar refractivity (Wildman–Crippen MR) is 93.6 cm³/mol. The van der Waals surface area contributed by atoms with Crippen molar-refractivity contribution in [2.24, 2.45) is 5.92 Å². The van der Waals surface area contributed by atoms with Crippen molar-refractivity contribution >= 4 is 11.8 Å². The second kappa shape index (κ2) is 9.46. The molecule has 0 fully saturated rings. The van der Waals surface area contributed by atoms with Crippen LogP contribution in [-0.4, -0.2) is 17.5 Å². The van der Waals surface area contributed by atoms with Gasteiger partial charge in [-0.2, -0.15) is 11.8 Å². The molecule has 1 unspecified atom stereocenters. The van der Waals surface area contributed by atoms with E-state index in [-0.39, 0.29) is 0 Å². The van der Waals surface area contributed by atoms with Gasteiger partial charge in [0, 0.05) is 11.8 Å². The first-order valence-corrected chi connectivity index (χ1v) is 9.01. The number of rotatable bonds is 9. The summed E-state index contributed by atoms with van der Waals surface area (Å²) in [7, 11) is 0. The molecule has 2 heteroatoms. The van der Waals surface area contributed by atoms with Gasteiger partial charge >= 0.3 is 0 Å². The molecule has 1 nitrogen and oxygen atoms in total. The Morgan fingerprint density at radius 2 is 1.70 bits per heavy atom. The average Bonchev–Trinajstić information content (AvgIpc) is 2.39. The van der Waals surface area contributed by atoms with E-state index in [1.807, 2.05) is 11.8 Å². The molecule has 0 bridgehead atoms. The number of thioether (sulfide) groups is 1. The van der Waals surface area contributed by atoms with Gasteiger partial charge in [0.1, 0.15) is 0 Å². The van der Waals surface area contributed by atoms with E-state index in [2.05, 4.69) is 64.2 Å². The summed E-state index contributed by atoms with van der Waals surface area (Å²) >= 11 is 2.04. The Balaban J connectivity index is 2.68. The molecule has 1 aromatic rings. The third-order valence-electron chi connectivity index (χ3n) is 3.26. The van der Waals surface area contributed by atoms with Gasteiger partial charge in [-0.25, -0.2) is 0 Å². The molecule has 0 saturated heterocycles. The number of hydrogen-bond acceptors (Lipinski definition) is 2. The molecule has 0 saturated carbocycles. The van der Waals surface area contributed by atoms with Crippen molar-refractivity contribution in [2.45, 2.75) is 58.8 Å². The number of benzene rings is 1. The molecule has 0 aromatic heterocycles. The van der Waals surface area contributed by atoms with Crippen LogP contribution in [0.3, 0.4) is 0 Å². The summed E-state index contributed by atoms with van der Waals surface area (Å²) in [6.07, 6.45) is 2.36. The van der Waals surface area contributed by atoms with Crippen LogP contribution >= 0.6 is 11.8 Å². The molecule has 0 aliphatic carbocycles. The Bertz CT molecular complexity index is 356. The minimum atomic E-state index is 0.482. The van der Waals surface area contributed by atoms with Crippen LogP contribution in [-0.2, 0) is 6.42 Å². The Kier molecular flexibility index (Phi) is 8.32. The van der Waals surface area contributed by atoms with E-state index in [0.717, 1.165) is 18.2 Å². The van der Waals surface area contributed by atoms with Crippen molar-refractivity contribution in [1.82, 2.24) is 5.32 Å². The van der Waals surface area contributed by atoms with Crippen LogP contribution in [0.4, 0.5) is 0 Å². The van der Waals surface area contributed by atoms with E-state index in [1.54, 1.807) is 0 Å². The molecule has 0 radical (unpaired) electrons. The zero-order chi connectivity index (χ0) is 15.0. The monoisotopic (exact) mass is 293 g/mol. The van der Waals surface area contributed by atoms with Crippen LogP contribution in [0.2, 0.25) is 0 Å². The highest BCUT2D eigenvalue weighted by Gasteiger charge is 2.11. The molecule has 0 aliphatic rings. The molecular weight excluding hydrogens is 262 g/mol. The van der Waals surface area contributed by atoms with Crippen molar-refractivity contribution in [3.05, 3.63) is 35.4 Å². The minimum Gasteiger partial charge on any atom is -0.309 e. The standard InChI is InChI=1S/C18H31NS/c1-6-11-19-18(13-20-15(4)5)17-9-7-16(8-10-17)12-14(2)3/h7-10,14-15,18-19H,6,11-13H2,1-5H3. The fourth-order valence-electron chi connectivity index (χ4n) is 2.24. The van der Waals surface area contributed by atoms with Gasteiger partial charge in [-0.05, 0) is 41.7 Å². The SMILES string of the molecule is CCCNC(CSC(C)C)c1ccc(CC(C)C)cc1. The maximum Gasteiger partial charge on any atom is 0.0411 e. The van der Waals surface area contributed by atoms with Gasteiger partial charge in [-0.1, -0.05) is 58.9 Å². The minimum absolute atomic E-state index is 0.482. The molecule has 1 N–H and O–H groups in total. The Morgan fingerprint density at radius 3 is 2.20 bits per heavy atom. The first kappa shape index (κ1) is 17.6. The Labute approximate surface area is 129 Å². The van der Waals surface area contributed by atoms with Crippen molar-refractivity contribution in [3.63, 3.8) is 0 Å². The highest BCUT2D eigenvalue weighted by molar-refractivity contribution is 7.99. The van der Waals surface area contributed by atoms with Gasteiger partial charge < -0.3 is 5.32 Å². The first-order valence-electron chi connectivity index (χ1n) is 7.96. The van der Waals surface area contributed by atoms with E-state index in [1.165, 1.54) is 24.0 Å². The molecule has 1 atom stereocenters. The van der Waals surface area contributed by atoms with Gasteiger partial charge in [-0.15, -0.1) is 0 Å². The molecule has 114 valence electrons. The molecule has 20 heavy (non-hydrogen) atoms. The van der Waals surface area contributed by atoms with Crippen LogP contribution in [0.5, 0.6) is 0 Å².